The minimum Gasteiger partial charge on any atom is -0.454 e. The van der Waals surface area contributed by atoms with Crippen molar-refractivity contribution in [2.75, 3.05) is 70.7 Å². The number of carbonyl (C=O) groups excluding carboxylic acids is 5. The largest absolute Gasteiger partial charge is 0.475 e. The average molecular weight is 805 g/mol. The molecule has 1 aliphatic heterocycles. The van der Waals surface area contributed by atoms with Crippen LogP contribution in [0.1, 0.15) is 38.8 Å². The number of aliphatic hydroxyl groups is 1. The summed E-state index contributed by atoms with van der Waals surface area (Å²) in [6.45, 7) is -1.02. The molecular weight excluding hydrogens is 761 g/mol. The zero-order valence-corrected chi connectivity index (χ0v) is 30.6. The Balaban J connectivity index is 1.63. The SMILES string of the molecule is CSC[C@@H](CC(=O)CCOCCOCCC(C)=O)C(=O)NCCC(=O)OCC(=O)OCOP(=O)(O)OC[C@H]1O[C@@H](n2ccc(N)nc2=O)C(F)(F)[C@@H]1O. The third-order valence-corrected chi connectivity index (χ3v) is 8.65. The second kappa shape index (κ2) is 22.7. The maximum Gasteiger partial charge on any atom is 0.475 e. The molecule has 0 aromatic carbocycles. The summed E-state index contributed by atoms with van der Waals surface area (Å²) in [5.74, 6) is -7.43. The first-order chi connectivity index (χ1) is 25.0. The molecule has 0 radical (unpaired) electrons. The highest BCUT2D eigenvalue weighted by atomic mass is 32.2. The van der Waals surface area contributed by atoms with Gasteiger partial charge >= 0.3 is 31.4 Å². The van der Waals surface area contributed by atoms with Gasteiger partial charge in [0.2, 0.25) is 18.9 Å². The summed E-state index contributed by atoms with van der Waals surface area (Å²) < 4.78 is 75.4. The van der Waals surface area contributed by atoms with Crippen molar-refractivity contribution in [1.29, 1.82) is 0 Å². The Kier molecular flexibility index (Phi) is 19.6. The number of phosphoric ester groups is 1. The average Bonchev–Trinajstić information content (AvgIpc) is 3.30. The van der Waals surface area contributed by atoms with Gasteiger partial charge in [-0.3, -0.25) is 28.3 Å². The molecule has 1 saturated heterocycles. The van der Waals surface area contributed by atoms with E-state index in [1.54, 1.807) is 6.26 Å². The summed E-state index contributed by atoms with van der Waals surface area (Å²) in [6, 6.07) is 1.03. The van der Waals surface area contributed by atoms with Crippen LogP contribution in [-0.4, -0.2) is 132 Å². The van der Waals surface area contributed by atoms with Gasteiger partial charge in [0.25, 0.3) is 0 Å². The van der Waals surface area contributed by atoms with Crippen molar-refractivity contribution in [2.45, 2.75) is 57.0 Å². The molecule has 0 spiro atoms. The third-order valence-electron chi connectivity index (χ3n) is 7.01. The van der Waals surface area contributed by atoms with Crippen LogP contribution in [-0.2, 0) is 61.3 Å². The van der Waals surface area contributed by atoms with Crippen molar-refractivity contribution in [3.63, 3.8) is 0 Å². The number of ketones is 2. The second-order valence-electron chi connectivity index (χ2n) is 11.2. The maximum atomic E-state index is 14.6. The Labute approximate surface area is 305 Å². The molecule has 300 valence electrons. The molecule has 1 aromatic heterocycles. The van der Waals surface area contributed by atoms with Crippen LogP contribution in [0.4, 0.5) is 14.6 Å². The predicted octanol–water partition coefficient (Wildman–Crippen LogP) is -0.256. The number of phosphoric acid groups is 1. The van der Waals surface area contributed by atoms with Gasteiger partial charge < -0.3 is 44.7 Å². The van der Waals surface area contributed by atoms with E-state index < -0.39 is 81.6 Å². The van der Waals surface area contributed by atoms with Crippen molar-refractivity contribution < 1.29 is 80.1 Å². The quantitative estimate of drug-likeness (QED) is 0.0406. The fourth-order valence-electron chi connectivity index (χ4n) is 4.29. The fraction of sp³-hybridized carbons (Fsp3) is 0.690. The number of nitrogens with zero attached hydrogens (tertiary/aromatic N) is 2. The van der Waals surface area contributed by atoms with Crippen molar-refractivity contribution in [3.05, 3.63) is 22.7 Å². The van der Waals surface area contributed by atoms with E-state index in [9.17, 15) is 52.1 Å². The number of halogens is 2. The zero-order chi connectivity index (χ0) is 39.6. The number of nitrogen functional groups attached to an aromatic ring is 1. The lowest BCUT2D eigenvalue weighted by molar-refractivity contribution is -0.163. The van der Waals surface area contributed by atoms with Gasteiger partial charge in [-0.05, 0) is 19.2 Å². The van der Waals surface area contributed by atoms with Crippen molar-refractivity contribution in [3.8, 4) is 0 Å². The molecule has 53 heavy (non-hydrogen) atoms. The van der Waals surface area contributed by atoms with Crippen LogP contribution >= 0.6 is 19.6 Å². The van der Waals surface area contributed by atoms with Crippen LogP contribution in [0.15, 0.2) is 17.1 Å². The van der Waals surface area contributed by atoms with Crippen LogP contribution in [0, 0.1) is 5.92 Å². The predicted molar refractivity (Wildman–Crippen MR) is 177 cm³/mol. The number of esters is 2. The van der Waals surface area contributed by atoms with Crippen LogP contribution < -0.4 is 16.7 Å². The van der Waals surface area contributed by atoms with Gasteiger partial charge in [-0.25, -0.2) is 18.7 Å². The molecule has 2 heterocycles. The second-order valence-corrected chi connectivity index (χ2v) is 13.6. The van der Waals surface area contributed by atoms with Gasteiger partial charge in [-0.15, -0.1) is 0 Å². The molecule has 1 fully saturated rings. The standard InChI is InChI=1S/C29H43F2N4O16PS/c1-18(36)5-9-45-11-12-46-10-6-20(37)13-19(16-53-2)26(41)33-7-3-23(38)47-15-24(39)48-17-50-52(43,44)49-14-21-25(40)29(30,31)27(51-21)35-8-4-22(32)34-28(35)42/h4,8,19,21,25,27,40H,3,5-7,9-17H2,1-2H3,(H,33,41)(H,43,44)(H2,32,34,42)/t19-,21-,25-,27-/m1/s1. The molecule has 0 bridgehead atoms. The van der Waals surface area contributed by atoms with E-state index in [2.05, 4.69) is 24.1 Å². The van der Waals surface area contributed by atoms with Crippen molar-refractivity contribution in [1.82, 2.24) is 14.9 Å². The van der Waals surface area contributed by atoms with Gasteiger partial charge in [0.1, 0.15) is 23.5 Å². The topological polar surface area (TPSA) is 280 Å². The van der Waals surface area contributed by atoms with Crippen molar-refractivity contribution in [2.24, 2.45) is 5.92 Å². The Morgan fingerprint density at radius 1 is 1.09 bits per heavy atom. The molecule has 1 aliphatic rings. The first-order valence-corrected chi connectivity index (χ1v) is 18.8. The lowest BCUT2D eigenvalue weighted by Gasteiger charge is -2.20. The molecule has 0 aliphatic carbocycles. The lowest BCUT2D eigenvalue weighted by atomic mass is 10.0. The number of ether oxygens (including phenoxy) is 5. The smallest absolute Gasteiger partial charge is 0.454 e. The monoisotopic (exact) mass is 804 g/mol. The summed E-state index contributed by atoms with van der Waals surface area (Å²) >= 11 is 1.35. The normalized spacial score (nSPS) is 19.5. The Morgan fingerprint density at radius 2 is 1.77 bits per heavy atom. The number of hydrogen-bond acceptors (Lipinski definition) is 18. The van der Waals surface area contributed by atoms with Crippen LogP contribution in [0.25, 0.3) is 0 Å². The number of carbonyl (C=O) groups is 5. The minimum absolute atomic E-state index is 0.0153. The molecule has 1 unspecified atom stereocenters. The van der Waals surface area contributed by atoms with E-state index in [1.165, 1.54) is 18.7 Å². The highest BCUT2D eigenvalue weighted by Crippen LogP contribution is 2.47. The summed E-state index contributed by atoms with van der Waals surface area (Å²) in [5, 5.41) is 12.5. The Bertz CT molecular complexity index is 1500. The molecular formula is C29H43F2N4O16PS. The molecule has 20 nitrogen and oxygen atoms in total. The number of Topliss-reactive ketones (excluding diaryl/α,β-unsaturated/α-hetero) is 2. The van der Waals surface area contributed by atoms with E-state index in [1.807, 2.05) is 0 Å². The highest BCUT2D eigenvalue weighted by Gasteiger charge is 2.60. The van der Waals surface area contributed by atoms with E-state index in [4.69, 9.17) is 24.7 Å². The molecule has 2 rings (SSSR count). The number of hydrogen-bond donors (Lipinski definition) is 4. The molecule has 0 saturated carbocycles. The fourth-order valence-corrected chi connectivity index (χ4v) is 5.56. The molecule has 1 amide bonds. The van der Waals surface area contributed by atoms with E-state index in [0.717, 1.165) is 12.3 Å². The minimum atomic E-state index is -5.08. The first-order valence-electron chi connectivity index (χ1n) is 15.9. The number of aromatic nitrogens is 2. The van der Waals surface area contributed by atoms with Gasteiger partial charge in [-0.1, -0.05) is 0 Å². The number of nitrogens with two attached hydrogens (primary N) is 1. The van der Waals surface area contributed by atoms with Crippen LogP contribution in [0.2, 0.25) is 0 Å². The zero-order valence-electron chi connectivity index (χ0n) is 28.8. The summed E-state index contributed by atoms with van der Waals surface area (Å²) in [4.78, 5) is 84.7. The van der Waals surface area contributed by atoms with Gasteiger partial charge in [0.05, 0.1) is 45.4 Å². The number of thioether (sulfide) groups is 1. The summed E-state index contributed by atoms with van der Waals surface area (Å²) in [6.07, 6.45) is -4.24. The number of amides is 1. The molecule has 1 aromatic rings. The maximum absolute atomic E-state index is 14.6. The van der Waals surface area contributed by atoms with E-state index in [-0.39, 0.29) is 63.0 Å². The van der Waals surface area contributed by atoms with Gasteiger partial charge in [0, 0.05) is 37.8 Å². The Morgan fingerprint density at radius 3 is 2.42 bits per heavy atom. The number of alkyl halides is 2. The van der Waals surface area contributed by atoms with Gasteiger partial charge in [0.15, 0.2) is 12.7 Å². The number of rotatable bonds is 26. The van der Waals surface area contributed by atoms with Crippen LogP contribution in [0.3, 0.4) is 0 Å². The summed E-state index contributed by atoms with van der Waals surface area (Å²) in [5.41, 5.74) is 4.13. The van der Waals surface area contributed by atoms with E-state index >= 15 is 0 Å². The number of anilines is 1. The van der Waals surface area contributed by atoms with Gasteiger partial charge in [-0.2, -0.15) is 25.5 Å². The van der Waals surface area contributed by atoms with Crippen LogP contribution in [0.5, 0.6) is 0 Å². The highest BCUT2D eigenvalue weighted by molar-refractivity contribution is 7.98. The number of nitrogens with one attached hydrogen (secondary N) is 1. The third kappa shape index (κ3) is 16.7. The van der Waals surface area contributed by atoms with Crippen molar-refractivity contribution >= 4 is 54.8 Å². The summed E-state index contributed by atoms with van der Waals surface area (Å²) in [7, 11) is -5.08. The first kappa shape index (κ1) is 45.7. The Hall–Kier alpha value is -3.41. The van der Waals surface area contributed by atoms with E-state index in [0.29, 0.717) is 23.3 Å². The molecule has 5 N–H and O–H groups in total. The number of aliphatic hydroxyl groups excluding tert-OH is 1. The lowest BCUT2D eigenvalue weighted by Crippen LogP contribution is -2.41. The molecule has 24 heteroatoms. The molecule has 5 atom stereocenters.